The number of pyridine rings is 1. The second-order valence-electron chi connectivity index (χ2n) is 5.84. The van der Waals surface area contributed by atoms with Crippen LogP contribution in [0.4, 0.5) is 10.2 Å². The molecule has 2 aromatic carbocycles. The van der Waals surface area contributed by atoms with Gasteiger partial charge in [0.1, 0.15) is 5.82 Å². The van der Waals surface area contributed by atoms with Crippen LogP contribution < -0.4 is 11.3 Å². The van der Waals surface area contributed by atoms with Crippen molar-refractivity contribution >= 4 is 16.7 Å². The predicted molar refractivity (Wildman–Crippen MR) is 95.7 cm³/mol. The standard InChI is InChI=1S/C19H15FN4O/c20-16-4-2-1-3-14(16)11-24-10-13(6-8-18(24)25)12-5-7-15-17(9-12)22-23-19(15)21/h1-10H,11H2,(H3,21,22,23). The molecule has 0 spiro atoms. The van der Waals surface area contributed by atoms with E-state index in [0.29, 0.717) is 11.4 Å². The molecular weight excluding hydrogens is 319 g/mol. The Morgan fingerprint density at radius 3 is 2.72 bits per heavy atom. The molecule has 25 heavy (non-hydrogen) atoms. The van der Waals surface area contributed by atoms with Gasteiger partial charge >= 0.3 is 0 Å². The van der Waals surface area contributed by atoms with Crippen LogP contribution in [0.15, 0.2) is 65.6 Å². The number of H-pyrrole nitrogens is 1. The highest BCUT2D eigenvalue weighted by Gasteiger charge is 2.08. The van der Waals surface area contributed by atoms with Crippen molar-refractivity contribution in [3.8, 4) is 11.1 Å². The minimum absolute atomic E-state index is 0.179. The van der Waals surface area contributed by atoms with E-state index in [-0.39, 0.29) is 17.9 Å². The van der Waals surface area contributed by atoms with Gasteiger partial charge < -0.3 is 10.3 Å². The molecular formula is C19H15FN4O. The molecule has 0 saturated carbocycles. The van der Waals surface area contributed by atoms with E-state index in [2.05, 4.69) is 10.2 Å². The number of hydrogen-bond donors (Lipinski definition) is 2. The molecule has 0 atom stereocenters. The van der Waals surface area contributed by atoms with Crippen LogP contribution >= 0.6 is 0 Å². The van der Waals surface area contributed by atoms with E-state index >= 15 is 0 Å². The molecule has 6 heteroatoms. The lowest BCUT2D eigenvalue weighted by molar-refractivity contribution is 0.596. The first-order valence-corrected chi connectivity index (χ1v) is 7.80. The van der Waals surface area contributed by atoms with E-state index < -0.39 is 0 Å². The molecule has 4 rings (SSSR count). The molecule has 0 fully saturated rings. The third-order valence-electron chi connectivity index (χ3n) is 4.21. The highest BCUT2D eigenvalue weighted by molar-refractivity contribution is 5.91. The monoisotopic (exact) mass is 334 g/mol. The first-order valence-electron chi connectivity index (χ1n) is 7.80. The van der Waals surface area contributed by atoms with Crippen molar-refractivity contribution in [2.45, 2.75) is 6.54 Å². The number of aromatic amines is 1. The zero-order chi connectivity index (χ0) is 17.4. The number of hydrogen-bond acceptors (Lipinski definition) is 3. The maximum absolute atomic E-state index is 13.9. The Bertz CT molecular complexity index is 1130. The molecule has 0 aliphatic carbocycles. The molecule has 0 unspecified atom stereocenters. The third kappa shape index (κ3) is 2.78. The normalized spacial score (nSPS) is 11.1. The average molecular weight is 334 g/mol. The number of nitrogen functional groups attached to an aromatic ring is 1. The number of nitrogens with zero attached hydrogens (tertiary/aromatic N) is 2. The van der Waals surface area contributed by atoms with Crippen molar-refractivity contribution in [1.82, 2.24) is 14.8 Å². The molecule has 0 aliphatic heterocycles. The van der Waals surface area contributed by atoms with E-state index in [0.717, 1.165) is 22.0 Å². The fourth-order valence-electron chi connectivity index (χ4n) is 2.86. The summed E-state index contributed by atoms with van der Waals surface area (Å²) < 4.78 is 15.4. The summed E-state index contributed by atoms with van der Waals surface area (Å²) >= 11 is 0. The fourth-order valence-corrected chi connectivity index (χ4v) is 2.86. The van der Waals surface area contributed by atoms with Crippen LogP contribution in [-0.2, 0) is 6.54 Å². The van der Waals surface area contributed by atoms with Gasteiger partial charge in [-0.25, -0.2) is 4.39 Å². The average Bonchev–Trinajstić information content (AvgIpc) is 2.99. The molecule has 0 amide bonds. The van der Waals surface area contributed by atoms with Gasteiger partial charge in [-0.15, -0.1) is 0 Å². The number of benzene rings is 2. The van der Waals surface area contributed by atoms with Gasteiger partial charge in [-0.05, 0) is 35.4 Å². The summed E-state index contributed by atoms with van der Waals surface area (Å²) in [6.45, 7) is 0.179. The summed E-state index contributed by atoms with van der Waals surface area (Å²) in [5, 5.41) is 7.71. The Morgan fingerprint density at radius 1 is 1.08 bits per heavy atom. The van der Waals surface area contributed by atoms with Crippen LogP contribution in [0.5, 0.6) is 0 Å². The molecule has 124 valence electrons. The number of nitrogens with two attached hydrogens (primary N) is 1. The number of halogens is 1. The fraction of sp³-hybridized carbons (Fsp3) is 0.0526. The van der Waals surface area contributed by atoms with E-state index in [1.807, 2.05) is 18.2 Å². The van der Waals surface area contributed by atoms with Gasteiger partial charge in [0.25, 0.3) is 5.56 Å². The largest absolute Gasteiger partial charge is 0.382 e. The van der Waals surface area contributed by atoms with Crippen molar-refractivity contribution < 1.29 is 4.39 Å². The van der Waals surface area contributed by atoms with Gasteiger partial charge in [0.15, 0.2) is 5.82 Å². The van der Waals surface area contributed by atoms with Crippen molar-refractivity contribution in [2.24, 2.45) is 0 Å². The zero-order valence-corrected chi connectivity index (χ0v) is 13.2. The van der Waals surface area contributed by atoms with E-state index in [1.165, 1.54) is 16.7 Å². The first kappa shape index (κ1) is 15.1. The number of aromatic nitrogens is 3. The van der Waals surface area contributed by atoms with Gasteiger partial charge in [-0.2, -0.15) is 5.10 Å². The Hall–Kier alpha value is -3.41. The lowest BCUT2D eigenvalue weighted by Crippen LogP contribution is -2.19. The minimum Gasteiger partial charge on any atom is -0.382 e. The highest BCUT2D eigenvalue weighted by atomic mass is 19.1. The summed E-state index contributed by atoms with van der Waals surface area (Å²) in [4.78, 5) is 12.1. The van der Waals surface area contributed by atoms with Crippen molar-refractivity contribution in [3.63, 3.8) is 0 Å². The zero-order valence-electron chi connectivity index (χ0n) is 13.2. The van der Waals surface area contributed by atoms with Crippen molar-refractivity contribution in [1.29, 1.82) is 0 Å². The second kappa shape index (κ2) is 5.90. The molecule has 0 radical (unpaired) electrons. The summed E-state index contributed by atoms with van der Waals surface area (Å²) in [6.07, 6.45) is 1.73. The molecule has 5 nitrogen and oxygen atoms in total. The maximum Gasteiger partial charge on any atom is 0.250 e. The summed E-state index contributed by atoms with van der Waals surface area (Å²) in [7, 11) is 0. The number of nitrogens with one attached hydrogen (secondary N) is 1. The molecule has 2 aromatic heterocycles. The number of rotatable bonds is 3. The topological polar surface area (TPSA) is 76.7 Å². The molecule has 3 N–H and O–H groups in total. The SMILES string of the molecule is Nc1n[nH]c2cc(-c3ccc(=O)n(Cc4ccccc4F)c3)ccc12. The smallest absolute Gasteiger partial charge is 0.250 e. The van der Waals surface area contributed by atoms with E-state index in [9.17, 15) is 9.18 Å². The van der Waals surface area contributed by atoms with Gasteiger partial charge in [0.05, 0.1) is 12.1 Å². The van der Waals surface area contributed by atoms with Crippen LogP contribution in [-0.4, -0.2) is 14.8 Å². The van der Waals surface area contributed by atoms with E-state index in [1.54, 1.807) is 30.5 Å². The lowest BCUT2D eigenvalue weighted by Gasteiger charge is -2.09. The van der Waals surface area contributed by atoms with Crippen LogP contribution in [0.1, 0.15) is 5.56 Å². The van der Waals surface area contributed by atoms with Crippen molar-refractivity contribution in [2.75, 3.05) is 5.73 Å². The summed E-state index contributed by atoms with van der Waals surface area (Å²) in [5.74, 6) is 0.125. The maximum atomic E-state index is 13.9. The number of anilines is 1. The van der Waals surface area contributed by atoms with Crippen molar-refractivity contribution in [3.05, 3.63) is 82.5 Å². The lowest BCUT2D eigenvalue weighted by atomic mass is 10.1. The number of fused-ring (bicyclic) bond motifs is 1. The molecule has 0 bridgehead atoms. The van der Waals surface area contributed by atoms with Crippen LogP contribution in [0.2, 0.25) is 0 Å². The Kier molecular flexibility index (Phi) is 3.57. The quantitative estimate of drug-likeness (QED) is 0.604. The Balaban J connectivity index is 1.75. The molecule has 0 saturated heterocycles. The highest BCUT2D eigenvalue weighted by Crippen LogP contribution is 2.25. The van der Waals surface area contributed by atoms with Gasteiger partial charge in [-0.1, -0.05) is 24.3 Å². The Morgan fingerprint density at radius 2 is 1.88 bits per heavy atom. The van der Waals surface area contributed by atoms with Crippen LogP contribution in [0.3, 0.4) is 0 Å². The minimum atomic E-state index is -0.325. The molecule has 0 aliphatic rings. The van der Waals surface area contributed by atoms with Crippen LogP contribution in [0, 0.1) is 5.82 Å². The summed E-state index contributed by atoms with van der Waals surface area (Å²) in [5.41, 5.74) is 8.66. The first-order chi connectivity index (χ1) is 12.1. The third-order valence-corrected chi connectivity index (χ3v) is 4.21. The van der Waals surface area contributed by atoms with Gasteiger partial charge in [0.2, 0.25) is 0 Å². The second-order valence-corrected chi connectivity index (χ2v) is 5.84. The van der Waals surface area contributed by atoms with Gasteiger partial charge in [-0.3, -0.25) is 9.89 Å². The molecule has 4 aromatic rings. The Labute approximate surface area is 142 Å². The molecule has 2 heterocycles. The van der Waals surface area contributed by atoms with E-state index in [4.69, 9.17) is 5.73 Å². The van der Waals surface area contributed by atoms with Crippen LogP contribution in [0.25, 0.3) is 22.0 Å². The summed E-state index contributed by atoms with van der Waals surface area (Å²) in [6, 6.07) is 15.4. The van der Waals surface area contributed by atoms with Gasteiger partial charge in [0, 0.05) is 23.2 Å². The predicted octanol–water partition coefficient (Wildman–Crippen LogP) is 3.16.